The van der Waals surface area contributed by atoms with E-state index in [1.54, 1.807) is 19.1 Å². The van der Waals surface area contributed by atoms with Crippen LogP contribution in [0.4, 0.5) is 9.18 Å². The van der Waals surface area contributed by atoms with Crippen molar-refractivity contribution in [3.63, 3.8) is 0 Å². The van der Waals surface area contributed by atoms with E-state index in [-0.39, 0.29) is 23.7 Å². The lowest BCUT2D eigenvalue weighted by Crippen LogP contribution is -2.41. The SMILES string of the molecule is Cc1nc(-c2ccc(F)cc2)sc1C(=O)N[C@H](CCCNC(N)=O)C(=O)O. The fourth-order valence-electron chi connectivity index (χ4n) is 2.32. The summed E-state index contributed by atoms with van der Waals surface area (Å²) in [6.07, 6.45) is 0.465. The first-order valence-electron chi connectivity index (χ1n) is 8.08. The van der Waals surface area contributed by atoms with Gasteiger partial charge in [0.25, 0.3) is 5.91 Å². The van der Waals surface area contributed by atoms with Gasteiger partial charge >= 0.3 is 12.0 Å². The molecule has 27 heavy (non-hydrogen) atoms. The van der Waals surface area contributed by atoms with Crippen molar-refractivity contribution in [2.45, 2.75) is 25.8 Å². The molecule has 0 radical (unpaired) electrons. The number of carbonyl (C=O) groups excluding carboxylic acids is 2. The summed E-state index contributed by atoms with van der Waals surface area (Å²) in [6, 6.07) is 3.91. The number of halogens is 1. The molecule has 1 aromatic carbocycles. The molecule has 3 amide bonds. The second kappa shape index (κ2) is 9.08. The number of nitrogens with two attached hydrogens (primary N) is 1. The van der Waals surface area contributed by atoms with Gasteiger partial charge in [-0.05, 0) is 44.0 Å². The number of rotatable bonds is 8. The highest BCUT2D eigenvalue weighted by molar-refractivity contribution is 7.17. The number of carboxylic acids is 1. The zero-order chi connectivity index (χ0) is 20.0. The van der Waals surface area contributed by atoms with E-state index >= 15 is 0 Å². The number of thiazole rings is 1. The number of carboxylic acid groups (broad SMARTS) is 1. The predicted molar refractivity (Wildman–Crippen MR) is 98.0 cm³/mol. The number of nitrogens with zero attached hydrogens (tertiary/aromatic N) is 1. The largest absolute Gasteiger partial charge is 0.480 e. The molecule has 5 N–H and O–H groups in total. The molecular formula is C17H19FN4O4S. The van der Waals surface area contributed by atoms with Crippen molar-refractivity contribution >= 4 is 29.2 Å². The number of aliphatic carboxylic acids is 1. The number of aromatic nitrogens is 1. The van der Waals surface area contributed by atoms with Crippen LogP contribution in [0.15, 0.2) is 24.3 Å². The Bertz CT molecular complexity index is 838. The van der Waals surface area contributed by atoms with Crippen molar-refractivity contribution in [3.8, 4) is 10.6 Å². The van der Waals surface area contributed by atoms with Gasteiger partial charge < -0.3 is 21.5 Å². The van der Waals surface area contributed by atoms with Gasteiger partial charge in [0.05, 0.1) is 5.69 Å². The molecule has 144 valence electrons. The molecule has 1 aromatic heterocycles. The van der Waals surface area contributed by atoms with E-state index in [4.69, 9.17) is 5.73 Å². The van der Waals surface area contributed by atoms with E-state index in [0.717, 1.165) is 11.3 Å². The molecule has 0 saturated carbocycles. The summed E-state index contributed by atoms with van der Waals surface area (Å²) in [5.74, 6) is -2.10. The normalized spacial score (nSPS) is 11.6. The van der Waals surface area contributed by atoms with E-state index in [9.17, 15) is 23.9 Å². The molecule has 8 nitrogen and oxygen atoms in total. The molecule has 1 atom stereocenters. The molecule has 0 spiro atoms. The van der Waals surface area contributed by atoms with E-state index in [1.165, 1.54) is 12.1 Å². The van der Waals surface area contributed by atoms with Gasteiger partial charge in [0.2, 0.25) is 0 Å². The number of hydrogen-bond donors (Lipinski definition) is 4. The lowest BCUT2D eigenvalue weighted by molar-refractivity contribution is -0.139. The molecule has 2 rings (SSSR count). The lowest BCUT2D eigenvalue weighted by Gasteiger charge is -2.14. The van der Waals surface area contributed by atoms with Crippen LogP contribution in [-0.4, -0.2) is 40.6 Å². The number of primary amides is 1. The van der Waals surface area contributed by atoms with Gasteiger partial charge in [0, 0.05) is 12.1 Å². The molecule has 10 heteroatoms. The molecule has 0 aliphatic carbocycles. The van der Waals surface area contributed by atoms with Crippen molar-refractivity contribution in [1.82, 2.24) is 15.6 Å². The Labute approximate surface area is 158 Å². The van der Waals surface area contributed by atoms with Crippen molar-refractivity contribution in [3.05, 3.63) is 40.7 Å². The third-order valence-electron chi connectivity index (χ3n) is 3.67. The summed E-state index contributed by atoms with van der Waals surface area (Å²) in [5, 5.41) is 14.6. The molecule has 1 heterocycles. The van der Waals surface area contributed by atoms with Crippen molar-refractivity contribution < 1.29 is 23.9 Å². The van der Waals surface area contributed by atoms with Gasteiger partial charge in [-0.15, -0.1) is 11.3 Å². The molecule has 0 saturated heterocycles. The van der Waals surface area contributed by atoms with Gasteiger partial charge in [0.15, 0.2) is 0 Å². The van der Waals surface area contributed by atoms with Gasteiger partial charge in [0.1, 0.15) is 21.7 Å². The van der Waals surface area contributed by atoms with Crippen molar-refractivity contribution in [2.24, 2.45) is 5.73 Å². The first-order valence-corrected chi connectivity index (χ1v) is 8.90. The summed E-state index contributed by atoms with van der Waals surface area (Å²) in [4.78, 5) is 39.0. The molecule has 0 bridgehead atoms. The molecule has 0 aliphatic rings. The Balaban J connectivity index is 2.06. The smallest absolute Gasteiger partial charge is 0.326 e. The summed E-state index contributed by atoms with van der Waals surface area (Å²) < 4.78 is 13.0. The van der Waals surface area contributed by atoms with Crippen LogP contribution in [0.2, 0.25) is 0 Å². The van der Waals surface area contributed by atoms with Crippen LogP contribution in [0.5, 0.6) is 0 Å². The highest BCUT2D eigenvalue weighted by atomic mass is 32.1. The average Bonchev–Trinajstić information content (AvgIpc) is 2.99. The highest BCUT2D eigenvalue weighted by Crippen LogP contribution is 2.28. The number of amides is 3. The van der Waals surface area contributed by atoms with Gasteiger partial charge in [-0.25, -0.2) is 19.0 Å². The quantitative estimate of drug-likeness (QED) is 0.507. The van der Waals surface area contributed by atoms with Crippen LogP contribution in [0.3, 0.4) is 0 Å². The van der Waals surface area contributed by atoms with Crippen molar-refractivity contribution in [1.29, 1.82) is 0 Å². The third-order valence-corrected chi connectivity index (χ3v) is 4.87. The van der Waals surface area contributed by atoms with Crippen LogP contribution in [0, 0.1) is 12.7 Å². The molecule has 0 aliphatic heterocycles. The maximum Gasteiger partial charge on any atom is 0.326 e. The van der Waals surface area contributed by atoms with Crippen LogP contribution in [0.25, 0.3) is 10.6 Å². The standard InChI is InChI=1S/C17H19FN4O4S/c1-9-13(27-15(21-9)10-4-6-11(18)7-5-10)14(23)22-12(16(24)25)3-2-8-20-17(19)26/h4-7,12H,2-3,8H2,1H3,(H,22,23)(H,24,25)(H3,19,20,26)/t12-/m1/s1. The van der Waals surface area contributed by atoms with Crippen LogP contribution in [-0.2, 0) is 4.79 Å². The predicted octanol–water partition coefficient (Wildman–Crippen LogP) is 1.89. The van der Waals surface area contributed by atoms with Crippen LogP contribution >= 0.6 is 11.3 Å². The number of benzene rings is 1. The Morgan fingerprint density at radius 2 is 1.96 bits per heavy atom. The first-order chi connectivity index (χ1) is 12.8. The number of urea groups is 1. The zero-order valence-electron chi connectivity index (χ0n) is 14.5. The van der Waals surface area contributed by atoms with Crippen LogP contribution in [0.1, 0.15) is 28.2 Å². The lowest BCUT2D eigenvalue weighted by atomic mass is 10.1. The maximum absolute atomic E-state index is 13.0. The number of carbonyl (C=O) groups is 3. The first kappa shape index (κ1) is 20.3. The molecular weight excluding hydrogens is 375 g/mol. The summed E-state index contributed by atoms with van der Waals surface area (Å²) >= 11 is 1.10. The summed E-state index contributed by atoms with van der Waals surface area (Å²) in [6.45, 7) is 1.86. The molecule has 2 aromatic rings. The number of nitrogens with one attached hydrogen (secondary N) is 2. The summed E-state index contributed by atoms with van der Waals surface area (Å²) in [5.41, 5.74) is 6.06. The monoisotopic (exact) mass is 394 g/mol. The molecule has 0 fully saturated rings. The Morgan fingerprint density at radius 1 is 1.30 bits per heavy atom. The molecule has 0 unspecified atom stereocenters. The maximum atomic E-state index is 13.0. The Morgan fingerprint density at radius 3 is 2.56 bits per heavy atom. The topological polar surface area (TPSA) is 134 Å². The van der Waals surface area contributed by atoms with Crippen LogP contribution < -0.4 is 16.4 Å². The number of hydrogen-bond acceptors (Lipinski definition) is 5. The van der Waals surface area contributed by atoms with Gasteiger partial charge in [-0.1, -0.05) is 0 Å². The Hall–Kier alpha value is -3.01. The fourth-order valence-corrected chi connectivity index (χ4v) is 3.30. The van der Waals surface area contributed by atoms with E-state index in [1.807, 2.05) is 0 Å². The third kappa shape index (κ3) is 5.74. The van der Waals surface area contributed by atoms with E-state index < -0.39 is 23.9 Å². The van der Waals surface area contributed by atoms with Gasteiger partial charge in [-0.2, -0.15) is 0 Å². The van der Waals surface area contributed by atoms with E-state index in [0.29, 0.717) is 22.7 Å². The Kier molecular flexibility index (Phi) is 6.83. The van der Waals surface area contributed by atoms with E-state index in [2.05, 4.69) is 15.6 Å². The minimum Gasteiger partial charge on any atom is -0.480 e. The van der Waals surface area contributed by atoms with Gasteiger partial charge in [-0.3, -0.25) is 4.79 Å². The van der Waals surface area contributed by atoms with Crippen molar-refractivity contribution in [2.75, 3.05) is 6.54 Å². The average molecular weight is 394 g/mol. The summed E-state index contributed by atoms with van der Waals surface area (Å²) in [7, 11) is 0. The second-order valence-electron chi connectivity index (χ2n) is 5.74. The minimum atomic E-state index is -1.18. The zero-order valence-corrected chi connectivity index (χ0v) is 15.3. The fraction of sp³-hybridized carbons (Fsp3) is 0.294. The number of aryl methyl sites for hydroxylation is 1. The minimum absolute atomic E-state index is 0.129. The second-order valence-corrected chi connectivity index (χ2v) is 6.74. The highest BCUT2D eigenvalue weighted by Gasteiger charge is 2.23.